The van der Waals surface area contributed by atoms with Crippen molar-refractivity contribution < 1.29 is 14.7 Å². The predicted molar refractivity (Wildman–Crippen MR) is 96.4 cm³/mol. The fraction of sp³-hybridized carbons (Fsp3) is 0.619. The number of anilines is 1. The molecular weight excluding hydrogens is 314 g/mol. The molecule has 25 heavy (non-hydrogen) atoms. The Kier molecular flexibility index (Phi) is 4.09. The maximum atomic E-state index is 13.1. The molecule has 1 spiro atoms. The summed E-state index contributed by atoms with van der Waals surface area (Å²) in [6.45, 7) is 2.98. The van der Waals surface area contributed by atoms with E-state index < -0.39 is 5.97 Å². The third-order valence-corrected chi connectivity index (χ3v) is 6.48. The van der Waals surface area contributed by atoms with Gasteiger partial charge in [0.15, 0.2) is 0 Å². The van der Waals surface area contributed by atoms with Crippen LogP contribution >= 0.6 is 0 Å². The first-order valence-corrected chi connectivity index (χ1v) is 9.63. The van der Waals surface area contributed by atoms with Crippen molar-refractivity contribution in [3.05, 3.63) is 29.8 Å². The van der Waals surface area contributed by atoms with Crippen molar-refractivity contribution in [2.24, 2.45) is 23.2 Å². The van der Waals surface area contributed by atoms with Gasteiger partial charge in [-0.15, -0.1) is 0 Å². The summed E-state index contributed by atoms with van der Waals surface area (Å²) < 4.78 is 0. The molecule has 1 aromatic carbocycles. The Balaban J connectivity index is 1.41. The lowest BCUT2D eigenvalue weighted by Gasteiger charge is -2.56. The van der Waals surface area contributed by atoms with Crippen LogP contribution in [0.1, 0.15) is 51.0 Å². The molecule has 0 aromatic heterocycles. The topological polar surface area (TPSA) is 57.6 Å². The Morgan fingerprint density at radius 3 is 2.20 bits per heavy atom. The molecule has 4 heteroatoms. The van der Waals surface area contributed by atoms with E-state index in [1.807, 2.05) is 4.90 Å². The summed E-state index contributed by atoms with van der Waals surface area (Å²) in [6, 6.07) is 8.40. The standard InChI is InChI=1S/C21H27NO3/c1-2-14-5-7-18(8-6-14)22(13-15-3-4-15)19(23)16-9-21(10-16)11-17(12-21)20(24)25/h5-8,15-17H,2-4,9-13H2,1H3,(H,24,25). The fourth-order valence-electron chi connectivity index (χ4n) is 4.67. The molecule has 3 saturated carbocycles. The Morgan fingerprint density at radius 1 is 1.08 bits per heavy atom. The second-order valence-corrected chi connectivity index (χ2v) is 8.46. The molecule has 0 radical (unpaired) electrons. The van der Waals surface area contributed by atoms with Crippen LogP contribution in [0.3, 0.4) is 0 Å². The summed E-state index contributed by atoms with van der Waals surface area (Å²) >= 11 is 0. The molecule has 0 saturated heterocycles. The highest BCUT2D eigenvalue weighted by Gasteiger charge is 2.57. The van der Waals surface area contributed by atoms with Crippen LogP contribution in [-0.2, 0) is 16.0 Å². The molecule has 4 nitrogen and oxygen atoms in total. The van der Waals surface area contributed by atoms with Crippen LogP contribution in [0.15, 0.2) is 24.3 Å². The maximum Gasteiger partial charge on any atom is 0.306 e. The van der Waals surface area contributed by atoms with Gasteiger partial charge in [0.25, 0.3) is 0 Å². The lowest BCUT2D eigenvalue weighted by molar-refractivity contribution is -0.160. The summed E-state index contributed by atoms with van der Waals surface area (Å²) in [5, 5.41) is 9.07. The molecule has 3 fully saturated rings. The molecule has 0 heterocycles. The van der Waals surface area contributed by atoms with Gasteiger partial charge in [-0.2, -0.15) is 0 Å². The molecule has 1 aromatic rings. The second-order valence-electron chi connectivity index (χ2n) is 8.46. The third kappa shape index (κ3) is 3.19. The van der Waals surface area contributed by atoms with Crippen LogP contribution in [0.5, 0.6) is 0 Å². The molecule has 1 amide bonds. The van der Waals surface area contributed by atoms with E-state index in [4.69, 9.17) is 5.11 Å². The molecule has 0 atom stereocenters. The smallest absolute Gasteiger partial charge is 0.306 e. The number of aliphatic carboxylic acids is 1. The monoisotopic (exact) mass is 341 g/mol. The van der Waals surface area contributed by atoms with Gasteiger partial charge in [0, 0.05) is 18.2 Å². The quantitative estimate of drug-likeness (QED) is 0.854. The van der Waals surface area contributed by atoms with E-state index in [1.54, 1.807) is 0 Å². The molecular formula is C21H27NO3. The third-order valence-electron chi connectivity index (χ3n) is 6.48. The van der Waals surface area contributed by atoms with Gasteiger partial charge in [0.1, 0.15) is 0 Å². The number of hydrogen-bond acceptors (Lipinski definition) is 2. The number of amides is 1. The van der Waals surface area contributed by atoms with E-state index in [0.29, 0.717) is 5.92 Å². The second kappa shape index (κ2) is 6.15. The first-order valence-electron chi connectivity index (χ1n) is 9.63. The van der Waals surface area contributed by atoms with E-state index in [1.165, 1.54) is 18.4 Å². The number of carbonyl (C=O) groups is 2. The average Bonchev–Trinajstić information content (AvgIpc) is 3.33. The number of carbonyl (C=O) groups excluding carboxylic acids is 1. The van der Waals surface area contributed by atoms with Gasteiger partial charge in [0.05, 0.1) is 5.92 Å². The normalized spacial score (nSPS) is 30.4. The van der Waals surface area contributed by atoms with Crippen molar-refractivity contribution in [2.45, 2.75) is 51.9 Å². The van der Waals surface area contributed by atoms with E-state index in [-0.39, 0.29) is 23.2 Å². The van der Waals surface area contributed by atoms with Crippen LogP contribution < -0.4 is 4.90 Å². The SMILES string of the molecule is CCc1ccc(N(CC2CC2)C(=O)C2CC3(CC(C(=O)O)C3)C2)cc1. The number of benzene rings is 1. The zero-order valence-electron chi connectivity index (χ0n) is 14.9. The lowest BCUT2D eigenvalue weighted by Crippen LogP contribution is -2.54. The highest BCUT2D eigenvalue weighted by atomic mass is 16.4. The van der Waals surface area contributed by atoms with Crippen molar-refractivity contribution in [1.82, 2.24) is 0 Å². The number of nitrogens with zero attached hydrogens (tertiary/aromatic N) is 1. The molecule has 3 aliphatic carbocycles. The van der Waals surface area contributed by atoms with Gasteiger partial charge in [-0.05, 0) is 74.0 Å². The van der Waals surface area contributed by atoms with E-state index >= 15 is 0 Å². The molecule has 0 bridgehead atoms. The summed E-state index contributed by atoms with van der Waals surface area (Å²) in [4.78, 5) is 26.1. The van der Waals surface area contributed by atoms with E-state index in [0.717, 1.165) is 44.3 Å². The van der Waals surface area contributed by atoms with Gasteiger partial charge in [-0.3, -0.25) is 9.59 Å². The van der Waals surface area contributed by atoms with Crippen LogP contribution in [0, 0.1) is 23.2 Å². The zero-order chi connectivity index (χ0) is 17.6. The molecule has 0 unspecified atom stereocenters. The van der Waals surface area contributed by atoms with Gasteiger partial charge >= 0.3 is 5.97 Å². The first kappa shape index (κ1) is 16.6. The van der Waals surface area contributed by atoms with Crippen LogP contribution in [0.2, 0.25) is 0 Å². The average molecular weight is 341 g/mol. The molecule has 4 rings (SSSR count). The minimum atomic E-state index is -0.674. The van der Waals surface area contributed by atoms with Crippen molar-refractivity contribution in [1.29, 1.82) is 0 Å². The summed E-state index contributed by atoms with van der Waals surface area (Å²) in [6.07, 6.45) is 6.75. The van der Waals surface area contributed by atoms with Crippen molar-refractivity contribution in [3.63, 3.8) is 0 Å². The summed E-state index contributed by atoms with van der Waals surface area (Å²) in [5.74, 6) is 0.135. The minimum absolute atomic E-state index is 0.0827. The van der Waals surface area contributed by atoms with Gasteiger partial charge in [-0.25, -0.2) is 0 Å². The van der Waals surface area contributed by atoms with E-state index in [2.05, 4.69) is 31.2 Å². The van der Waals surface area contributed by atoms with Crippen LogP contribution in [0.25, 0.3) is 0 Å². The lowest BCUT2D eigenvalue weighted by atomic mass is 9.48. The first-order chi connectivity index (χ1) is 12.0. The molecule has 0 aliphatic heterocycles. The van der Waals surface area contributed by atoms with Gasteiger partial charge in [-0.1, -0.05) is 19.1 Å². The predicted octanol–water partition coefficient (Wildman–Crippen LogP) is 3.88. The molecule has 3 aliphatic rings. The van der Waals surface area contributed by atoms with Crippen molar-refractivity contribution in [2.75, 3.05) is 11.4 Å². The van der Waals surface area contributed by atoms with Crippen molar-refractivity contribution in [3.8, 4) is 0 Å². The number of carboxylic acids is 1. The summed E-state index contributed by atoms with van der Waals surface area (Å²) in [5.41, 5.74) is 2.46. The van der Waals surface area contributed by atoms with Crippen LogP contribution in [0.4, 0.5) is 5.69 Å². The summed E-state index contributed by atoms with van der Waals surface area (Å²) in [7, 11) is 0. The Hall–Kier alpha value is -1.84. The number of rotatable bonds is 6. The van der Waals surface area contributed by atoms with Crippen LogP contribution in [-0.4, -0.2) is 23.5 Å². The molecule has 134 valence electrons. The maximum absolute atomic E-state index is 13.1. The highest BCUT2D eigenvalue weighted by Crippen LogP contribution is 2.61. The van der Waals surface area contributed by atoms with E-state index in [9.17, 15) is 9.59 Å². The Labute approximate surface area is 149 Å². The highest BCUT2D eigenvalue weighted by molar-refractivity contribution is 5.96. The van der Waals surface area contributed by atoms with Gasteiger partial charge < -0.3 is 10.0 Å². The number of carboxylic acid groups (broad SMARTS) is 1. The fourth-order valence-corrected chi connectivity index (χ4v) is 4.67. The largest absolute Gasteiger partial charge is 0.481 e. The molecule has 1 N–H and O–H groups in total. The number of aryl methyl sites for hydroxylation is 1. The van der Waals surface area contributed by atoms with Crippen molar-refractivity contribution >= 4 is 17.6 Å². The Bertz CT molecular complexity index is 663. The zero-order valence-corrected chi connectivity index (χ0v) is 14.9. The number of hydrogen-bond donors (Lipinski definition) is 1. The Morgan fingerprint density at radius 2 is 1.68 bits per heavy atom. The van der Waals surface area contributed by atoms with Gasteiger partial charge in [0.2, 0.25) is 5.91 Å². The minimum Gasteiger partial charge on any atom is -0.481 e.